The van der Waals surface area contributed by atoms with Gasteiger partial charge in [0.1, 0.15) is 0 Å². The van der Waals surface area contributed by atoms with Crippen molar-refractivity contribution >= 4 is 0 Å². The molecule has 1 heterocycles. The number of likely N-dealkylation sites (tertiary alicyclic amines) is 1. The Bertz CT molecular complexity index is 239. The Kier molecular flexibility index (Phi) is 5.63. The molecule has 0 aromatic rings. The molecule has 1 unspecified atom stereocenters. The molecule has 1 rings (SSSR count). The van der Waals surface area contributed by atoms with Gasteiger partial charge in [0.2, 0.25) is 0 Å². The van der Waals surface area contributed by atoms with Gasteiger partial charge in [0.15, 0.2) is 0 Å². The van der Waals surface area contributed by atoms with Crippen LogP contribution in [0.4, 0.5) is 0 Å². The van der Waals surface area contributed by atoms with Crippen LogP contribution in [-0.4, -0.2) is 43.3 Å². The van der Waals surface area contributed by atoms with E-state index in [1.807, 2.05) is 0 Å². The van der Waals surface area contributed by atoms with Crippen LogP contribution in [0.1, 0.15) is 53.4 Å². The molecule has 0 amide bonds. The molecule has 1 aliphatic rings. The minimum absolute atomic E-state index is 0.0817. The van der Waals surface area contributed by atoms with Crippen LogP contribution in [0.25, 0.3) is 0 Å². The monoisotopic (exact) mass is 256 g/mol. The maximum Gasteiger partial charge on any atom is 0.0785 e. The predicted octanol–water partition coefficient (Wildman–Crippen LogP) is 2.64. The van der Waals surface area contributed by atoms with Gasteiger partial charge in [-0.3, -0.25) is 0 Å². The smallest absolute Gasteiger partial charge is 0.0785 e. The zero-order valence-corrected chi connectivity index (χ0v) is 13.0. The highest BCUT2D eigenvalue weighted by Gasteiger charge is 2.33. The molecule has 3 nitrogen and oxygen atoms in total. The molecule has 3 heteroatoms. The lowest BCUT2D eigenvalue weighted by molar-refractivity contribution is -0.0149. The summed E-state index contributed by atoms with van der Waals surface area (Å²) in [4.78, 5) is 2.51. The molecule has 18 heavy (non-hydrogen) atoms. The molecular formula is C15H32N2O. The van der Waals surface area contributed by atoms with Gasteiger partial charge in [-0.2, -0.15) is 0 Å². The van der Waals surface area contributed by atoms with Gasteiger partial charge in [0.25, 0.3) is 0 Å². The van der Waals surface area contributed by atoms with Crippen LogP contribution in [0.2, 0.25) is 0 Å². The van der Waals surface area contributed by atoms with Crippen LogP contribution in [-0.2, 0) is 4.74 Å². The van der Waals surface area contributed by atoms with Crippen molar-refractivity contribution in [3.63, 3.8) is 0 Å². The number of methoxy groups -OCH3 is 1. The van der Waals surface area contributed by atoms with Crippen molar-refractivity contribution in [2.45, 2.75) is 65.0 Å². The Labute approximate surface area is 113 Å². The third kappa shape index (κ3) is 3.69. The van der Waals surface area contributed by atoms with Crippen molar-refractivity contribution in [3.8, 4) is 0 Å². The summed E-state index contributed by atoms with van der Waals surface area (Å²) in [6.07, 6.45) is 5.26. The number of nitrogens with zero attached hydrogens (tertiary/aromatic N) is 1. The fourth-order valence-corrected chi connectivity index (χ4v) is 2.82. The average Bonchev–Trinajstić information content (AvgIpc) is 2.40. The summed E-state index contributed by atoms with van der Waals surface area (Å²) >= 11 is 0. The molecule has 1 aliphatic heterocycles. The summed E-state index contributed by atoms with van der Waals surface area (Å²) in [5.41, 5.74) is 6.62. The molecule has 0 aromatic carbocycles. The van der Waals surface area contributed by atoms with E-state index < -0.39 is 0 Å². The number of ether oxygens (including phenoxy) is 1. The summed E-state index contributed by atoms with van der Waals surface area (Å²) in [6.45, 7) is 12.1. The molecule has 0 bridgehead atoms. The number of hydrogen-bond acceptors (Lipinski definition) is 3. The van der Waals surface area contributed by atoms with Gasteiger partial charge in [-0.1, -0.05) is 26.7 Å². The topological polar surface area (TPSA) is 38.5 Å². The van der Waals surface area contributed by atoms with Gasteiger partial charge >= 0.3 is 0 Å². The van der Waals surface area contributed by atoms with Crippen LogP contribution < -0.4 is 5.73 Å². The zero-order valence-electron chi connectivity index (χ0n) is 13.0. The molecule has 0 saturated carbocycles. The van der Waals surface area contributed by atoms with Crippen LogP contribution >= 0.6 is 0 Å². The standard InChI is InChI=1S/C15H32N2O/c1-6-15(7-2)8-10-17(11-9-15)12-13(16)14(3,4)18-5/h13H,6-12,16H2,1-5H3. The SMILES string of the molecule is CCC1(CC)CCN(CC(N)C(C)(C)OC)CC1. The van der Waals surface area contributed by atoms with Crippen molar-refractivity contribution in [2.75, 3.05) is 26.7 Å². The molecule has 0 radical (unpaired) electrons. The van der Waals surface area contributed by atoms with E-state index in [0.29, 0.717) is 5.41 Å². The molecule has 1 fully saturated rings. The van der Waals surface area contributed by atoms with Gasteiger partial charge in [0.05, 0.1) is 5.60 Å². The van der Waals surface area contributed by atoms with E-state index in [1.54, 1.807) is 7.11 Å². The van der Waals surface area contributed by atoms with E-state index in [-0.39, 0.29) is 11.6 Å². The molecule has 2 N–H and O–H groups in total. The highest BCUT2D eigenvalue weighted by atomic mass is 16.5. The molecule has 0 aliphatic carbocycles. The van der Waals surface area contributed by atoms with Crippen molar-refractivity contribution in [3.05, 3.63) is 0 Å². The molecular weight excluding hydrogens is 224 g/mol. The second-order valence-electron chi connectivity index (χ2n) is 6.42. The minimum atomic E-state index is -0.232. The molecule has 0 aromatic heterocycles. The number of nitrogens with two attached hydrogens (primary N) is 1. The second kappa shape index (κ2) is 6.36. The Morgan fingerprint density at radius 3 is 2.11 bits per heavy atom. The summed E-state index contributed by atoms with van der Waals surface area (Å²) in [7, 11) is 1.75. The van der Waals surface area contributed by atoms with Gasteiger partial charge in [-0.05, 0) is 45.2 Å². The van der Waals surface area contributed by atoms with Gasteiger partial charge in [-0.15, -0.1) is 0 Å². The van der Waals surface area contributed by atoms with Crippen LogP contribution in [0.5, 0.6) is 0 Å². The Hall–Kier alpha value is -0.120. The first kappa shape index (κ1) is 15.9. The maximum atomic E-state index is 6.26. The van der Waals surface area contributed by atoms with Gasteiger partial charge in [0, 0.05) is 19.7 Å². The molecule has 1 saturated heterocycles. The summed E-state index contributed by atoms with van der Waals surface area (Å²) in [6, 6.07) is 0.0817. The minimum Gasteiger partial charge on any atom is -0.377 e. The normalized spacial score (nSPS) is 23.0. The van der Waals surface area contributed by atoms with Crippen molar-refractivity contribution < 1.29 is 4.74 Å². The predicted molar refractivity (Wildman–Crippen MR) is 77.8 cm³/mol. The molecule has 0 spiro atoms. The Balaban J connectivity index is 2.45. The van der Waals surface area contributed by atoms with E-state index in [1.165, 1.54) is 38.8 Å². The van der Waals surface area contributed by atoms with Crippen LogP contribution in [0, 0.1) is 5.41 Å². The van der Waals surface area contributed by atoms with Crippen LogP contribution in [0.15, 0.2) is 0 Å². The van der Waals surface area contributed by atoms with E-state index >= 15 is 0 Å². The Morgan fingerprint density at radius 2 is 1.72 bits per heavy atom. The fourth-order valence-electron chi connectivity index (χ4n) is 2.82. The summed E-state index contributed by atoms with van der Waals surface area (Å²) in [5, 5.41) is 0. The van der Waals surface area contributed by atoms with Crippen LogP contribution in [0.3, 0.4) is 0 Å². The lowest BCUT2D eigenvalue weighted by atomic mass is 9.74. The van der Waals surface area contributed by atoms with E-state index in [0.717, 1.165) is 6.54 Å². The van der Waals surface area contributed by atoms with Crippen molar-refractivity contribution in [2.24, 2.45) is 11.1 Å². The number of hydrogen-bond donors (Lipinski definition) is 1. The third-order valence-corrected chi connectivity index (χ3v) is 5.29. The zero-order chi connectivity index (χ0) is 13.8. The summed E-state index contributed by atoms with van der Waals surface area (Å²) < 4.78 is 5.47. The quantitative estimate of drug-likeness (QED) is 0.794. The highest BCUT2D eigenvalue weighted by molar-refractivity contribution is 4.89. The first-order valence-electron chi connectivity index (χ1n) is 7.42. The van der Waals surface area contributed by atoms with Gasteiger partial charge in [-0.25, -0.2) is 0 Å². The second-order valence-corrected chi connectivity index (χ2v) is 6.42. The highest BCUT2D eigenvalue weighted by Crippen LogP contribution is 2.37. The number of piperidine rings is 1. The lowest BCUT2D eigenvalue weighted by Crippen LogP contribution is -2.53. The average molecular weight is 256 g/mol. The maximum absolute atomic E-state index is 6.26. The Morgan fingerprint density at radius 1 is 1.22 bits per heavy atom. The lowest BCUT2D eigenvalue weighted by Gasteiger charge is -2.43. The van der Waals surface area contributed by atoms with Crippen molar-refractivity contribution in [1.29, 1.82) is 0 Å². The fraction of sp³-hybridized carbons (Fsp3) is 1.00. The number of rotatable bonds is 6. The van der Waals surface area contributed by atoms with Gasteiger partial charge < -0.3 is 15.4 Å². The first-order chi connectivity index (χ1) is 8.39. The first-order valence-corrected chi connectivity index (χ1v) is 7.42. The summed E-state index contributed by atoms with van der Waals surface area (Å²) in [5.74, 6) is 0. The van der Waals surface area contributed by atoms with E-state index in [9.17, 15) is 0 Å². The molecule has 1 atom stereocenters. The third-order valence-electron chi connectivity index (χ3n) is 5.29. The van der Waals surface area contributed by atoms with E-state index in [2.05, 4.69) is 32.6 Å². The van der Waals surface area contributed by atoms with Crippen molar-refractivity contribution in [1.82, 2.24) is 4.90 Å². The largest absolute Gasteiger partial charge is 0.377 e. The molecule has 108 valence electrons. The van der Waals surface area contributed by atoms with E-state index in [4.69, 9.17) is 10.5 Å².